The van der Waals surface area contributed by atoms with Crippen molar-refractivity contribution < 1.29 is 9.18 Å². The lowest BCUT2D eigenvalue weighted by atomic mass is 10.1. The average Bonchev–Trinajstić information content (AvgIpc) is 2.61. The normalized spacial score (nSPS) is 11.4. The Morgan fingerprint density at radius 1 is 1.22 bits per heavy atom. The van der Waals surface area contributed by atoms with Crippen molar-refractivity contribution in [1.29, 1.82) is 0 Å². The highest BCUT2D eigenvalue weighted by Crippen LogP contribution is 2.21. The second-order valence-corrected chi connectivity index (χ2v) is 6.65. The number of aromatic nitrogens is 2. The largest absolute Gasteiger partial charge is 0.295 e. The number of ketones is 1. The van der Waals surface area contributed by atoms with Crippen LogP contribution < -0.4 is 5.56 Å². The van der Waals surface area contributed by atoms with Crippen molar-refractivity contribution in [3.63, 3.8) is 0 Å². The second kappa shape index (κ2) is 7.27. The Labute approximate surface area is 157 Å². The number of carbonyl (C=O) groups excluding carboxylic acids is 1. The van der Waals surface area contributed by atoms with Crippen molar-refractivity contribution in [2.45, 2.75) is 34.1 Å². The van der Waals surface area contributed by atoms with Crippen LogP contribution in [-0.4, -0.2) is 15.3 Å². The molecule has 27 heavy (non-hydrogen) atoms. The molecule has 0 radical (unpaired) electrons. The number of fused-ring (bicyclic) bond motifs is 1. The molecule has 0 fully saturated rings. The third-order valence-electron chi connectivity index (χ3n) is 4.46. The number of carbonyl (C=O) groups is 1. The Kier molecular flexibility index (Phi) is 5.04. The van der Waals surface area contributed by atoms with E-state index < -0.39 is 5.82 Å². The number of allylic oxidation sites excluding steroid dienone is 1. The zero-order chi connectivity index (χ0) is 19.7. The summed E-state index contributed by atoms with van der Waals surface area (Å²) in [6.07, 6.45) is 3.19. The van der Waals surface area contributed by atoms with Crippen LogP contribution in [0, 0.1) is 19.7 Å². The molecule has 138 valence electrons. The number of aryl methyl sites for hydroxylation is 3. The molecule has 5 heteroatoms. The maximum atomic E-state index is 14.4. The second-order valence-electron chi connectivity index (χ2n) is 6.65. The summed E-state index contributed by atoms with van der Waals surface area (Å²) in [4.78, 5) is 28.9. The lowest BCUT2D eigenvalue weighted by molar-refractivity contribution is -0.112. The molecular formula is C22H21FN2O2. The highest BCUT2D eigenvalue weighted by atomic mass is 19.1. The highest BCUT2D eigenvalue weighted by Gasteiger charge is 2.15. The Morgan fingerprint density at radius 3 is 2.59 bits per heavy atom. The van der Waals surface area contributed by atoms with Gasteiger partial charge in [-0.05, 0) is 50.6 Å². The van der Waals surface area contributed by atoms with Gasteiger partial charge in [0.05, 0.1) is 16.6 Å². The molecule has 0 unspecified atom stereocenters. The summed E-state index contributed by atoms with van der Waals surface area (Å²) in [6.45, 7) is 7.24. The van der Waals surface area contributed by atoms with Crippen LogP contribution in [0.5, 0.6) is 0 Å². The molecule has 0 atom stereocenters. The van der Waals surface area contributed by atoms with E-state index >= 15 is 0 Å². The SMILES string of the molecule is CCc1nc2cc(F)c(/C=C/C(C)=O)cc2c(=O)n1-c1ccc(C)cc1C. The molecule has 0 bridgehead atoms. The monoisotopic (exact) mass is 364 g/mol. The van der Waals surface area contributed by atoms with E-state index in [2.05, 4.69) is 4.98 Å². The number of hydrogen-bond donors (Lipinski definition) is 0. The van der Waals surface area contributed by atoms with Crippen LogP contribution >= 0.6 is 0 Å². The molecule has 0 amide bonds. The van der Waals surface area contributed by atoms with E-state index in [-0.39, 0.29) is 16.9 Å². The summed E-state index contributed by atoms with van der Waals surface area (Å²) in [6, 6.07) is 8.57. The molecule has 0 spiro atoms. The Morgan fingerprint density at radius 2 is 1.96 bits per heavy atom. The van der Waals surface area contributed by atoms with Gasteiger partial charge in [-0.1, -0.05) is 24.6 Å². The van der Waals surface area contributed by atoms with E-state index in [0.29, 0.717) is 23.1 Å². The average molecular weight is 364 g/mol. The molecule has 0 aliphatic heterocycles. The van der Waals surface area contributed by atoms with Gasteiger partial charge in [0.1, 0.15) is 11.6 Å². The molecule has 0 saturated carbocycles. The van der Waals surface area contributed by atoms with Crippen molar-refractivity contribution in [3.05, 3.63) is 75.1 Å². The number of rotatable bonds is 4. The molecular weight excluding hydrogens is 343 g/mol. The number of benzene rings is 2. The summed E-state index contributed by atoms with van der Waals surface area (Å²) >= 11 is 0. The van der Waals surface area contributed by atoms with E-state index in [9.17, 15) is 14.0 Å². The van der Waals surface area contributed by atoms with E-state index in [4.69, 9.17) is 0 Å². The maximum Gasteiger partial charge on any atom is 0.266 e. The van der Waals surface area contributed by atoms with Crippen LogP contribution in [0.25, 0.3) is 22.7 Å². The molecule has 0 aliphatic carbocycles. The van der Waals surface area contributed by atoms with Crippen LogP contribution in [0.1, 0.15) is 36.4 Å². The molecule has 3 rings (SSSR count). The Balaban J connectivity index is 2.34. The van der Waals surface area contributed by atoms with E-state index in [0.717, 1.165) is 16.8 Å². The van der Waals surface area contributed by atoms with Crippen molar-refractivity contribution in [2.75, 3.05) is 0 Å². The number of nitrogens with zero attached hydrogens (tertiary/aromatic N) is 2. The molecule has 1 heterocycles. The van der Waals surface area contributed by atoms with Crippen LogP contribution in [0.15, 0.2) is 41.2 Å². The molecule has 0 aliphatic rings. The first kappa shape index (κ1) is 18.7. The van der Waals surface area contributed by atoms with E-state index in [1.807, 2.05) is 39.0 Å². The zero-order valence-electron chi connectivity index (χ0n) is 15.8. The molecule has 0 saturated heterocycles. The minimum Gasteiger partial charge on any atom is -0.295 e. The van der Waals surface area contributed by atoms with Crippen LogP contribution in [0.3, 0.4) is 0 Å². The summed E-state index contributed by atoms with van der Waals surface area (Å²) in [7, 11) is 0. The van der Waals surface area contributed by atoms with Gasteiger partial charge in [-0.3, -0.25) is 14.2 Å². The fourth-order valence-electron chi connectivity index (χ4n) is 3.15. The first-order valence-corrected chi connectivity index (χ1v) is 8.83. The van der Waals surface area contributed by atoms with Gasteiger partial charge in [0, 0.05) is 18.1 Å². The third kappa shape index (κ3) is 3.58. The van der Waals surface area contributed by atoms with Gasteiger partial charge in [-0.25, -0.2) is 9.37 Å². The minimum absolute atomic E-state index is 0.188. The van der Waals surface area contributed by atoms with Crippen molar-refractivity contribution in [3.8, 4) is 5.69 Å². The summed E-state index contributed by atoms with van der Waals surface area (Å²) in [5.41, 5.74) is 3.09. The molecule has 1 aromatic heterocycles. The zero-order valence-corrected chi connectivity index (χ0v) is 15.8. The molecule has 2 aromatic carbocycles. The number of halogens is 1. The maximum absolute atomic E-state index is 14.4. The predicted molar refractivity (Wildman–Crippen MR) is 106 cm³/mol. The molecule has 0 N–H and O–H groups in total. The van der Waals surface area contributed by atoms with E-state index in [1.165, 1.54) is 31.2 Å². The topological polar surface area (TPSA) is 52.0 Å². The minimum atomic E-state index is -0.516. The standard InChI is InChI=1S/C22H21FN2O2/c1-5-21-24-19-12-18(23)16(8-7-15(4)26)11-17(19)22(27)25(21)20-9-6-13(2)10-14(20)3/h6-12H,5H2,1-4H3/b8-7+. The van der Waals surface area contributed by atoms with Gasteiger partial charge in [0.25, 0.3) is 5.56 Å². The highest BCUT2D eigenvalue weighted by molar-refractivity contribution is 5.92. The molecule has 4 nitrogen and oxygen atoms in total. The third-order valence-corrected chi connectivity index (χ3v) is 4.46. The quantitative estimate of drug-likeness (QED) is 0.649. The van der Waals surface area contributed by atoms with Gasteiger partial charge >= 0.3 is 0 Å². The van der Waals surface area contributed by atoms with Gasteiger partial charge in [-0.15, -0.1) is 0 Å². The van der Waals surface area contributed by atoms with Crippen molar-refractivity contribution in [1.82, 2.24) is 9.55 Å². The van der Waals surface area contributed by atoms with Crippen molar-refractivity contribution >= 4 is 22.8 Å². The fourth-order valence-corrected chi connectivity index (χ4v) is 3.15. The van der Waals surface area contributed by atoms with Gasteiger partial charge in [0.2, 0.25) is 0 Å². The van der Waals surface area contributed by atoms with Crippen molar-refractivity contribution in [2.24, 2.45) is 0 Å². The summed E-state index contributed by atoms with van der Waals surface area (Å²) in [5, 5.41) is 0.316. The van der Waals surface area contributed by atoms with E-state index in [1.54, 1.807) is 4.57 Å². The van der Waals surface area contributed by atoms with Gasteiger partial charge in [-0.2, -0.15) is 0 Å². The molecule has 3 aromatic rings. The lowest BCUT2D eigenvalue weighted by Crippen LogP contribution is -2.24. The number of hydrogen-bond acceptors (Lipinski definition) is 3. The summed E-state index contributed by atoms with van der Waals surface area (Å²) in [5.74, 6) is -0.134. The smallest absolute Gasteiger partial charge is 0.266 e. The van der Waals surface area contributed by atoms with Crippen LogP contribution in [0.4, 0.5) is 4.39 Å². The van der Waals surface area contributed by atoms with Gasteiger partial charge in [0.15, 0.2) is 5.78 Å². The van der Waals surface area contributed by atoms with Crippen LogP contribution in [0.2, 0.25) is 0 Å². The van der Waals surface area contributed by atoms with Crippen LogP contribution in [-0.2, 0) is 11.2 Å². The fraction of sp³-hybridized carbons (Fsp3) is 0.227. The predicted octanol–water partition coefficient (Wildman–Crippen LogP) is 4.31. The Hall–Kier alpha value is -3.08. The lowest BCUT2D eigenvalue weighted by Gasteiger charge is -2.15. The summed E-state index contributed by atoms with van der Waals surface area (Å²) < 4.78 is 15.9. The first-order valence-electron chi connectivity index (χ1n) is 8.83. The Bertz CT molecular complexity index is 1140. The van der Waals surface area contributed by atoms with Gasteiger partial charge < -0.3 is 0 Å². The first-order chi connectivity index (χ1) is 12.8.